The fourth-order valence-electron chi connectivity index (χ4n) is 1.46. The van der Waals surface area contributed by atoms with Crippen molar-refractivity contribution in [2.75, 3.05) is 11.9 Å². The Labute approximate surface area is 133 Å². The largest absolute Gasteiger partial charge is 0.405 e. The van der Waals surface area contributed by atoms with Crippen LogP contribution in [0.2, 0.25) is 0 Å². The molecule has 0 fully saturated rings. The molecule has 0 saturated heterocycles. The minimum absolute atomic E-state index is 0.0365. The standard InChI is InChI=1S/C13H12BrF3N4O/c1-3-21(4-2)12(22)10-5-9(20-7-13(15,16)17)8(6-19-10)11(14)18/h3-6,18H,1-2,7H2,(H,19,20). The molecule has 1 amide bonds. The van der Waals surface area contributed by atoms with Crippen LogP contribution in [-0.2, 0) is 0 Å². The molecular weight excluding hydrogens is 365 g/mol. The van der Waals surface area contributed by atoms with Gasteiger partial charge < -0.3 is 5.32 Å². The number of aromatic nitrogens is 1. The van der Waals surface area contributed by atoms with E-state index in [0.717, 1.165) is 17.2 Å². The van der Waals surface area contributed by atoms with Crippen LogP contribution in [0.4, 0.5) is 18.9 Å². The number of rotatable bonds is 6. The molecule has 0 aliphatic heterocycles. The zero-order chi connectivity index (χ0) is 16.9. The minimum Gasteiger partial charge on any atom is -0.376 e. The molecule has 0 saturated carbocycles. The third-order valence-electron chi connectivity index (χ3n) is 2.47. The predicted octanol–water partition coefficient (Wildman–Crippen LogP) is 3.51. The highest BCUT2D eigenvalue weighted by Gasteiger charge is 2.27. The number of hydrogen-bond donors (Lipinski definition) is 2. The molecule has 0 atom stereocenters. The van der Waals surface area contributed by atoms with Crippen LogP contribution in [-0.4, -0.2) is 33.1 Å². The second-order valence-corrected chi connectivity index (χ2v) is 4.77. The van der Waals surface area contributed by atoms with Crippen molar-refractivity contribution in [2.24, 2.45) is 0 Å². The van der Waals surface area contributed by atoms with Gasteiger partial charge in [0, 0.05) is 29.8 Å². The zero-order valence-electron chi connectivity index (χ0n) is 11.2. The lowest BCUT2D eigenvalue weighted by Gasteiger charge is -2.15. The maximum absolute atomic E-state index is 12.3. The van der Waals surface area contributed by atoms with Gasteiger partial charge in [-0.2, -0.15) is 13.2 Å². The van der Waals surface area contributed by atoms with Crippen LogP contribution in [0.1, 0.15) is 16.1 Å². The first-order valence-electron chi connectivity index (χ1n) is 5.82. The van der Waals surface area contributed by atoms with Gasteiger partial charge in [-0.05, 0) is 22.0 Å². The molecule has 2 N–H and O–H groups in total. The number of carbonyl (C=O) groups excluding carboxylic acids is 1. The molecule has 1 aromatic rings. The Morgan fingerprint density at radius 1 is 1.45 bits per heavy atom. The average molecular weight is 377 g/mol. The third-order valence-corrected chi connectivity index (χ3v) is 2.89. The molecule has 0 aromatic carbocycles. The van der Waals surface area contributed by atoms with Gasteiger partial charge in [0.05, 0.1) is 0 Å². The summed E-state index contributed by atoms with van der Waals surface area (Å²) in [6, 6.07) is 1.14. The summed E-state index contributed by atoms with van der Waals surface area (Å²) >= 11 is 2.87. The molecule has 1 heterocycles. The topological polar surface area (TPSA) is 69.1 Å². The number of pyridine rings is 1. The molecule has 0 aliphatic rings. The van der Waals surface area contributed by atoms with Gasteiger partial charge in [-0.3, -0.25) is 20.1 Å². The second kappa shape index (κ2) is 7.21. The van der Waals surface area contributed by atoms with Crippen molar-refractivity contribution < 1.29 is 18.0 Å². The SMILES string of the molecule is C=CN(C=C)C(=O)c1cc(NCC(F)(F)F)c(C(=N)Br)cn1. The van der Waals surface area contributed by atoms with Crippen molar-refractivity contribution >= 4 is 32.1 Å². The van der Waals surface area contributed by atoms with Gasteiger partial charge in [0.15, 0.2) is 0 Å². The summed E-state index contributed by atoms with van der Waals surface area (Å²) in [6.45, 7) is 5.53. The second-order valence-electron chi connectivity index (χ2n) is 3.98. The number of halogens is 4. The van der Waals surface area contributed by atoms with E-state index >= 15 is 0 Å². The van der Waals surface area contributed by atoms with Crippen molar-refractivity contribution in [3.8, 4) is 0 Å². The molecule has 118 valence electrons. The van der Waals surface area contributed by atoms with Gasteiger partial charge in [0.25, 0.3) is 5.91 Å². The van der Waals surface area contributed by atoms with E-state index in [2.05, 4.69) is 39.4 Å². The molecule has 0 bridgehead atoms. The summed E-state index contributed by atoms with van der Waals surface area (Å²) in [7, 11) is 0. The number of hydrogen-bond acceptors (Lipinski definition) is 4. The van der Waals surface area contributed by atoms with E-state index < -0.39 is 18.6 Å². The maximum Gasteiger partial charge on any atom is 0.405 e. The Balaban J connectivity index is 3.18. The average Bonchev–Trinajstić information content (AvgIpc) is 2.45. The van der Waals surface area contributed by atoms with Crippen molar-refractivity contribution in [3.05, 3.63) is 49.1 Å². The molecule has 5 nitrogen and oxygen atoms in total. The summed E-state index contributed by atoms with van der Waals surface area (Å²) in [5.74, 6) is -0.604. The summed E-state index contributed by atoms with van der Waals surface area (Å²) in [6.07, 6.45) is -0.915. The maximum atomic E-state index is 12.3. The first kappa shape index (κ1) is 17.9. The Bertz CT molecular complexity index is 608. The predicted molar refractivity (Wildman–Crippen MR) is 81.1 cm³/mol. The normalized spacial score (nSPS) is 10.7. The Hall–Kier alpha value is -2.16. The lowest BCUT2D eigenvalue weighted by atomic mass is 10.2. The van der Waals surface area contributed by atoms with Gasteiger partial charge >= 0.3 is 6.18 Å². The highest BCUT2D eigenvalue weighted by molar-refractivity contribution is 9.18. The molecule has 1 rings (SSSR count). The number of nitrogens with zero attached hydrogens (tertiary/aromatic N) is 2. The van der Waals surface area contributed by atoms with Crippen molar-refractivity contribution in [3.63, 3.8) is 0 Å². The molecule has 0 spiro atoms. The molecule has 9 heteroatoms. The highest BCUT2D eigenvalue weighted by atomic mass is 79.9. The zero-order valence-corrected chi connectivity index (χ0v) is 12.8. The van der Waals surface area contributed by atoms with E-state index in [0.29, 0.717) is 0 Å². The Morgan fingerprint density at radius 2 is 2.05 bits per heavy atom. The highest BCUT2D eigenvalue weighted by Crippen LogP contribution is 2.22. The quantitative estimate of drug-likeness (QED) is 0.746. The van der Waals surface area contributed by atoms with Crippen LogP contribution in [0.5, 0.6) is 0 Å². The number of nitrogens with one attached hydrogen (secondary N) is 2. The van der Waals surface area contributed by atoms with Crippen LogP contribution in [0.25, 0.3) is 0 Å². The van der Waals surface area contributed by atoms with Crippen molar-refractivity contribution in [1.29, 1.82) is 5.41 Å². The first-order valence-corrected chi connectivity index (χ1v) is 6.61. The summed E-state index contributed by atoms with van der Waals surface area (Å²) < 4.78 is 36.8. The van der Waals surface area contributed by atoms with E-state index in [4.69, 9.17) is 5.41 Å². The van der Waals surface area contributed by atoms with E-state index in [-0.39, 0.29) is 21.6 Å². The third kappa shape index (κ3) is 4.69. The van der Waals surface area contributed by atoms with E-state index in [1.54, 1.807) is 0 Å². The van der Waals surface area contributed by atoms with Crippen LogP contribution in [0.15, 0.2) is 37.8 Å². The molecule has 0 radical (unpaired) electrons. The number of anilines is 1. The fourth-order valence-corrected chi connectivity index (χ4v) is 1.78. The minimum atomic E-state index is -4.44. The van der Waals surface area contributed by atoms with E-state index in [9.17, 15) is 18.0 Å². The molecule has 22 heavy (non-hydrogen) atoms. The molecule has 0 unspecified atom stereocenters. The van der Waals surface area contributed by atoms with E-state index in [1.807, 2.05) is 0 Å². The summed E-state index contributed by atoms with van der Waals surface area (Å²) in [5, 5.41) is 9.62. The van der Waals surface area contributed by atoms with Gasteiger partial charge in [0.2, 0.25) is 0 Å². The smallest absolute Gasteiger partial charge is 0.376 e. The van der Waals surface area contributed by atoms with Crippen molar-refractivity contribution in [1.82, 2.24) is 9.88 Å². The van der Waals surface area contributed by atoms with Gasteiger partial charge in [-0.25, -0.2) is 0 Å². The summed E-state index contributed by atoms with van der Waals surface area (Å²) in [5.41, 5.74) is -0.0443. The van der Waals surface area contributed by atoms with Gasteiger partial charge in [-0.15, -0.1) is 0 Å². The summed E-state index contributed by atoms with van der Waals surface area (Å²) in [4.78, 5) is 16.9. The lowest BCUT2D eigenvalue weighted by molar-refractivity contribution is -0.115. The lowest BCUT2D eigenvalue weighted by Crippen LogP contribution is -2.24. The van der Waals surface area contributed by atoms with Crippen molar-refractivity contribution in [2.45, 2.75) is 6.18 Å². The van der Waals surface area contributed by atoms with Crippen LogP contribution < -0.4 is 5.32 Å². The van der Waals surface area contributed by atoms with Crippen LogP contribution >= 0.6 is 15.9 Å². The number of carbonyl (C=O) groups is 1. The molecular formula is C13H12BrF3N4O. The first-order chi connectivity index (χ1) is 10.2. The molecule has 0 aliphatic carbocycles. The molecule has 1 aromatic heterocycles. The number of amides is 1. The Morgan fingerprint density at radius 3 is 2.50 bits per heavy atom. The number of alkyl halides is 3. The Kier molecular flexibility index (Phi) is 5.86. The van der Waals surface area contributed by atoms with Crippen LogP contribution in [0, 0.1) is 5.41 Å². The van der Waals surface area contributed by atoms with Crippen LogP contribution in [0.3, 0.4) is 0 Å². The van der Waals surface area contributed by atoms with Gasteiger partial charge in [0.1, 0.15) is 16.9 Å². The monoisotopic (exact) mass is 376 g/mol. The fraction of sp³-hybridized carbons (Fsp3) is 0.154. The van der Waals surface area contributed by atoms with Gasteiger partial charge in [-0.1, -0.05) is 13.2 Å². The van der Waals surface area contributed by atoms with E-state index in [1.165, 1.54) is 12.4 Å².